The molecular weight excluding hydrogens is 334 g/mol. The van der Waals surface area contributed by atoms with Crippen LogP contribution in [-0.2, 0) is 20.9 Å². The van der Waals surface area contributed by atoms with Crippen LogP contribution in [0.4, 0.5) is 4.79 Å². The summed E-state index contributed by atoms with van der Waals surface area (Å²) >= 11 is 0. The Labute approximate surface area is 152 Å². The van der Waals surface area contributed by atoms with E-state index in [2.05, 4.69) is 5.32 Å². The second-order valence-corrected chi connectivity index (χ2v) is 5.75. The first-order valence-electron chi connectivity index (χ1n) is 8.53. The van der Waals surface area contributed by atoms with E-state index >= 15 is 0 Å². The summed E-state index contributed by atoms with van der Waals surface area (Å²) in [7, 11) is 0. The third kappa shape index (κ3) is 6.12. The minimum absolute atomic E-state index is 0.0681. The zero-order valence-electron chi connectivity index (χ0n) is 14.7. The van der Waals surface area contributed by atoms with Crippen molar-refractivity contribution in [2.75, 3.05) is 6.61 Å². The van der Waals surface area contributed by atoms with Crippen molar-refractivity contribution in [2.24, 2.45) is 0 Å². The first-order valence-corrected chi connectivity index (χ1v) is 8.53. The summed E-state index contributed by atoms with van der Waals surface area (Å²) in [6.07, 6.45) is 0.912. The maximum absolute atomic E-state index is 12.4. The van der Waals surface area contributed by atoms with Crippen LogP contribution in [0.1, 0.15) is 36.9 Å². The smallest absolute Gasteiger partial charge is 0.408 e. The maximum Gasteiger partial charge on any atom is 0.408 e. The summed E-state index contributed by atoms with van der Waals surface area (Å²) in [5, 5.41) is 11.9. The zero-order valence-corrected chi connectivity index (χ0v) is 14.7. The van der Waals surface area contributed by atoms with Gasteiger partial charge < -0.3 is 19.9 Å². The zero-order chi connectivity index (χ0) is 18.8. The molecule has 1 unspecified atom stereocenters. The van der Waals surface area contributed by atoms with Crippen LogP contribution in [-0.4, -0.2) is 23.8 Å². The van der Waals surface area contributed by atoms with Crippen LogP contribution in [0.15, 0.2) is 54.6 Å². The van der Waals surface area contributed by atoms with E-state index in [1.54, 1.807) is 12.1 Å². The van der Waals surface area contributed by atoms with Gasteiger partial charge in [0.05, 0.1) is 6.61 Å². The van der Waals surface area contributed by atoms with Crippen molar-refractivity contribution in [1.29, 1.82) is 0 Å². The first kappa shape index (κ1) is 19.3. The predicted molar refractivity (Wildman–Crippen MR) is 96.5 cm³/mol. The van der Waals surface area contributed by atoms with Crippen molar-refractivity contribution in [3.63, 3.8) is 0 Å². The van der Waals surface area contributed by atoms with Gasteiger partial charge in [-0.05, 0) is 29.7 Å². The van der Waals surface area contributed by atoms with Crippen molar-refractivity contribution in [1.82, 2.24) is 5.32 Å². The Bertz CT molecular complexity index is 700. The summed E-state index contributed by atoms with van der Waals surface area (Å²) in [5.41, 5.74) is 1.34. The molecule has 6 heteroatoms. The van der Waals surface area contributed by atoms with Crippen LogP contribution in [0.3, 0.4) is 0 Å². The Morgan fingerprint density at radius 1 is 1.04 bits per heavy atom. The number of phenolic OH excluding ortho intramolecular Hbond substituents is 1. The Balaban J connectivity index is 2.01. The molecular formula is C20H23NO5. The number of aromatic hydroxyl groups is 1. The quantitative estimate of drug-likeness (QED) is 0.556. The molecule has 0 fully saturated rings. The van der Waals surface area contributed by atoms with Gasteiger partial charge in [0, 0.05) is 0 Å². The topological polar surface area (TPSA) is 84.9 Å². The van der Waals surface area contributed by atoms with Crippen molar-refractivity contribution in [2.45, 2.75) is 32.4 Å². The van der Waals surface area contributed by atoms with Gasteiger partial charge in [0.2, 0.25) is 0 Å². The number of alkyl carbamates (subject to hydrolysis) is 1. The van der Waals surface area contributed by atoms with Crippen LogP contribution in [0, 0.1) is 0 Å². The lowest BCUT2D eigenvalue weighted by atomic mass is 10.1. The van der Waals surface area contributed by atoms with E-state index in [9.17, 15) is 14.7 Å². The molecule has 0 saturated carbocycles. The lowest BCUT2D eigenvalue weighted by Crippen LogP contribution is -2.35. The van der Waals surface area contributed by atoms with Gasteiger partial charge in [-0.1, -0.05) is 55.8 Å². The van der Waals surface area contributed by atoms with E-state index in [0.29, 0.717) is 5.56 Å². The molecule has 0 aliphatic heterocycles. The molecule has 0 aromatic heterocycles. The normalized spacial score (nSPS) is 11.4. The largest absolute Gasteiger partial charge is 0.508 e. The van der Waals surface area contributed by atoms with Gasteiger partial charge in [-0.15, -0.1) is 0 Å². The van der Waals surface area contributed by atoms with Gasteiger partial charge >= 0.3 is 12.1 Å². The Morgan fingerprint density at radius 3 is 2.38 bits per heavy atom. The molecule has 138 valence electrons. The molecule has 0 spiro atoms. The number of nitrogens with one attached hydrogen (secondary N) is 1. The van der Waals surface area contributed by atoms with Gasteiger partial charge in [-0.2, -0.15) is 0 Å². The van der Waals surface area contributed by atoms with E-state index < -0.39 is 18.1 Å². The number of amides is 1. The van der Waals surface area contributed by atoms with E-state index in [1.165, 1.54) is 12.1 Å². The third-order valence-electron chi connectivity index (χ3n) is 3.68. The average molecular weight is 357 g/mol. The number of benzene rings is 2. The summed E-state index contributed by atoms with van der Waals surface area (Å²) in [5.74, 6) is -0.501. The molecule has 0 saturated heterocycles. The number of carbonyl (C=O) groups excluding carboxylic acids is 2. The van der Waals surface area contributed by atoms with Crippen LogP contribution < -0.4 is 5.32 Å². The van der Waals surface area contributed by atoms with Gasteiger partial charge in [-0.25, -0.2) is 9.59 Å². The van der Waals surface area contributed by atoms with Gasteiger partial charge in [0.15, 0.2) is 6.04 Å². The molecule has 2 rings (SSSR count). The second kappa shape index (κ2) is 10.1. The van der Waals surface area contributed by atoms with Gasteiger partial charge in [-0.3, -0.25) is 0 Å². The summed E-state index contributed by atoms with van der Waals surface area (Å²) < 4.78 is 10.4. The molecule has 0 heterocycles. The molecule has 2 aromatic carbocycles. The number of carbonyl (C=O) groups is 2. The lowest BCUT2D eigenvalue weighted by molar-refractivity contribution is -0.146. The highest BCUT2D eigenvalue weighted by Crippen LogP contribution is 2.19. The molecule has 0 radical (unpaired) electrons. The number of rotatable bonds is 8. The molecule has 2 aromatic rings. The number of phenols is 1. The predicted octanol–water partition coefficient (Wildman–Crippen LogP) is 3.70. The van der Waals surface area contributed by atoms with Crippen molar-refractivity contribution in [3.05, 3.63) is 65.7 Å². The van der Waals surface area contributed by atoms with Gasteiger partial charge in [0.25, 0.3) is 0 Å². The van der Waals surface area contributed by atoms with E-state index in [0.717, 1.165) is 18.4 Å². The molecule has 1 atom stereocenters. The summed E-state index contributed by atoms with van der Waals surface area (Å²) in [4.78, 5) is 24.5. The average Bonchev–Trinajstić information content (AvgIpc) is 2.66. The highest BCUT2D eigenvalue weighted by Gasteiger charge is 2.25. The molecule has 6 nitrogen and oxygen atoms in total. The Hall–Kier alpha value is -3.02. The third-order valence-corrected chi connectivity index (χ3v) is 3.68. The van der Waals surface area contributed by atoms with E-state index in [4.69, 9.17) is 9.47 Å². The van der Waals surface area contributed by atoms with Gasteiger partial charge in [0.1, 0.15) is 12.4 Å². The Kier molecular flexibility index (Phi) is 7.49. The second-order valence-electron chi connectivity index (χ2n) is 5.75. The fourth-order valence-corrected chi connectivity index (χ4v) is 2.23. The number of ether oxygens (including phenoxy) is 2. The minimum Gasteiger partial charge on any atom is -0.508 e. The highest BCUT2D eigenvalue weighted by atomic mass is 16.6. The molecule has 0 aliphatic rings. The first-order chi connectivity index (χ1) is 12.6. The van der Waals surface area contributed by atoms with Crippen molar-refractivity contribution in [3.8, 4) is 5.75 Å². The highest BCUT2D eigenvalue weighted by molar-refractivity contribution is 5.82. The minimum atomic E-state index is -1.00. The Morgan fingerprint density at radius 2 is 1.73 bits per heavy atom. The molecule has 0 bridgehead atoms. The summed E-state index contributed by atoms with van der Waals surface area (Å²) in [6, 6.07) is 14.2. The lowest BCUT2D eigenvalue weighted by Gasteiger charge is -2.18. The van der Waals surface area contributed by atoms with Crippen molar-refractivity contribution < 1.29 is 24.2 Å². The van der Waals surface area contributed by atoms with Crippen LogP contribution in [0.25, 0.3) is 0 Å². The number of esters is 1. The van der Waals surface area contributed by atoms with Crippen LogP contribution in [0.5, 0.6) is 5.75 Å². The maximum atomic E-state index is 12.4. The SMILES string of the molecule is CCCCOC(=O)C(NC(=O)OCc1ccccc1)c1ccc(O)cc1. The molecule has 2 N–H and O–H groups in total. The molecule has 1 amide bonds. The number of hydrogen-bond acceptors (Lipinski definition) is 5. The van der Waals surface area contributed by atoms with Crippen molar-refractivity contribution >= 4 is 12.1 Å². The molecule has 0 aliphatic carbocycles. The standard InChI is InChI=1S/C20H23NO5/c1-2-3-13-25-19(23)18(16-9-11-17(22)12-10-16)21-20(24)26-14-15-7-5-4-6-8-15/h4-12,18,22H,2-3,13-14H2,1H3,(H,21,24). The fraction of sp³-hybridized carbons (Fsp3) is 0.300. The van der Waals surface area contributed by atoms with E-state index in [-0.39, 0.29) is 19.0 Å². The van der Waals surface area contributed by atoms with E-state index in [1.807, 2.05) is 37.3 Å². The van der Waals surface area contributed by atoms with Crippen LogP contribution in [0.2, 0.25) is 0 Å². The monoisotopic (exact) mass is 357 g/mol. The fourth-order valence-electron chi connectivity index (χ4n) is 2.23. The number of unbranched alkanes of at least 4 members (excludes halogenated alkanes) is 1. The molecule has 26 heavy (non-hydrogen) atoms. The number of hydrogen-bond donors (Lipinski definition) is 2. The van der Waals surface area contributed by atoms with Crippen LogP contribution >= 0.6 is 0 Å². The summed E-state index contributed by atoms with van der Waals surface area (Å²) in [6.45, 7) is 2.37.